The van der Waals surface area contributed by atoms with Crippen LogP contribution in [0.3, 0.4) is 0 Å². The number of hydrogen-bond donors (Lipinski definition) is 2. The molecule has 1 amide bonds. The molecule has 2 N–H and O–H groups in total. The van der Waals surface area contributed by atoms with Gasteiger partial charge in [-0.3, -0.25) is 14.6 Å². The zero-order valence-electron chi connectivity index (χ0n) is 15.5. The van der Waals surface area contributed by atoms with Crippen LogP contribution in [0, 0.1) is 0 Å². The van der Waals surface area contributed by atoms with Crippen LogP contribution < -0.4 is 10.6 Å². The first-order valence-corrected chi connectivity index (χ1v) is 8.30. The van der Waals surface area contributed by atoms with Crippen molar-refractivity contribution in [3.8, 4) is 0 Å². The predicted molar refractivity (Wildman–Crippen MR) is 98.5 cm³/mol. The quantitative estimate of drug-likeness (QED) is 0.321. The van der Waals surface area contributed by atoms with E-state index in [1.54, 1.807) is 26.0 Å². The van der Waals surface area contributed by atoms with Crippen LogP contribution in [0.4, 0.5) is 0 Å². The number of esters is 1. The molecule has 0 atom stereocenters. The summed E-state index contributed by atoms with van der Waals surface area (Å²) >= 11 is 0. The van der Waals surface area contributed by atoms with Crippen molar-refractivity contribution in [2.75, 3.05) is 34.8 Å². The standard InChI is InChI=1S/C18H28N4O3/c1-19-18(20-12-6-5-7-16(23)25-4)21-13-14-8-10-15(11-9-14)17(24)22(2)3/h8-11H,5-7,12-13H2,1-4H3,(H2,19,20,21). The number of rotatable bonds is 8. The van der Waals surface area contributed by atoms with Crippen LogP contribution in [-0.2, 0) is 16.1 Å². The van der Waals surface area contributed by atoms with Crippen molar-refractivity contribution in [1.29, 1.82) is 0 Å². The second-order valence-electron chi connectivity index (χ2n) is 5.78. The largest absolute Gasteiger partial charge is 0.469 e. The number of ether oxygens (including phenoxy) is 1. The van der Waals surface area contributed by atoms with Crippen LogP contribution in [0.25, 0.3) is 0 Å². The number of unbranched alkanes of at least 4 members (excludes halogenated alkanes) is 1. The van der Waals surface area contributed by atoms with Gasteiger partial charge in [-0.1, -0.05) is 12.1 Å². The van der Waals surface area contributed by atoms with Crippen LogP contribution in [-0.4, -0.2) is 57.5 Å². The Bertz CT molecular complexity index is 582. The highest BCUT2D eigenvalue weighted by molar-refractivity contribution is 5.93. The lowest BCUT2D eigenvalue weighted by atomic mass is 10.1. The highest BCUT2D eigenvalue weighted by Gasteiger charge is 2.07. The van der Waals surface area contributed by atoms with Gasteiger partial charge >= 0.3 is 5.97 Å². The molecule has 0 saturated carbocycles. The molecule has 7 heteroatoms. The Morgan fingerprint density at radius 1 is 1.12 bits per heavy atom. The topological polar surface area (TPSA) is 83.0 Å². The number of nitrogens with zero attached hydrogens (tertiary/aromatic N) is 2. The molecule has 0 aliphatic heterocycles. The summed E-state index contributed by atoms with van der Waals surface area (Å²) < 4.78 is 4.60. The van der Waals surface area contributed by atoms with E-state index in [-0.39, 0.29) is 11.9 Å². The van der Waals surface area contributed by atoms with Gasteiger partial charge in [0.05, 0.1) is 7.11 Å². The Labute approximate surface area is 149 Å². The van der Waals surface area contributed by atoms with E-state index in [2.05, 4.69) is 20.4 Å². The van der Waals surface area contributed by atoms with Gasteiger partial charge in [-0.2, -0.15) is 0 Å². The predicted octanol–water partition coefficient (Wildman–Crippen LogP) is 1.40. The number of methoxy groups -OCH3 is 1. The average molecular weight is 348 g/mol. The maximum absolute atomic E-state index is 11.9. The van der Waals surface area contributed by atoms with Gasteiger partial charge < -0.3 is 20.3 Å². The molecule has 0 aliphatic rings. The monoisotopic (exact) mass is 348 g/mol. The minimum absolute atomic E-state index is 0.0102. The minimum Gasteiger partial charge on any atom is -0.469 e. The van der Waals surface area contributed by atoms with Crippen LogP contribution >= 0.6 is 0 Å². The van der Waals surface area contributed by atoms with Crippen molar-refractivity contribution < 1.29 is 14.3 Å². The van der Waals surface area contributed by atoms with Crippen molar-refractivity contribution in [3.63, 3.8) is 0 Å². The van der Waals surface area contributed by atoms with E-state index < -0.39 is 0 Å². The number of nitrogens with one attached hydrogen (secondary N) is 2. The second-order valence-corrected chi connectivity index (χ2v) is 5.78. The number of carbonyl (C=O) groups excluding carboxylic acids is 2. The Morgan fingerprint density at radius 2 is 1.80 bits per heavy atom. The van der Waals surface area contributed by atoms with E-state index in [0.717, 1.165) is 24.9 Å². The summed E-state index contributed by atoms with van der Waals surface area (Å²) in [4.78, 5) is 28.6. The third-order valence-corrected chi connectivity index (χ3v) is 3.62. The fourth-order valence-electron chi connectivity index (χ4n) is 2.13. The number of guanidine groups is 1. The van der Waals surface area contributed by atoms with Gasteiger partial charge in [-0.15, -0.1) is 0 Å². The normalized spacial score (nSPS) is 11.0. The molecule has 0 bridgehead atoms. The Kier molecular flexibility index (Phi) is 9.06. The van der Waals surface area contributed by atoms with Crippen LogP contribution in [0.15, 0.2) is 29.3 Å². The molecule has 25 heavy (non-hydrogen) atoms. The maximum atomic E-state index is 11.9. The van der Waals surface area contributed by atoms with Crippen molar-refractivity contribution in [3.05, 3.63) is 35.4 Å². The van der Waals surface area contributed by atoms with Gasteiger partial charge in [0.15, 0.2) is 5.96 Å². The van der Waals surface area contributed by atoms with Crippen molar-refractivity contribution in [1.82, 2.24) is 15.5 Å². The van der Waals surface area contributed by atoms with Crippen LogP contribution in [0.5, 0.6) is 0 Å². The van der Waals surface area contributed by atoms with Crippen molar-refractivity contribution >= 4 is 17.8 Å². The molecular formula is C18H28N4O3. The third-order valence-electron chi connectivity index (χ3n) is 3.62. The molecule has 1 aromatic rings. The van der Waals surface area contributed by atoms with Gasteiger partial charge in [0.25, 0.3) is 5.91 Å². The Balaban J connectivity index is 2.35. The molecule has 0 radical (unpaired) electrons. The molecule has 0 spiro atoms. The number of hydrogen-bond acceptors (Lipinski definition) is 4. The summed E-state index contributed by atoms with van der Waals surface area (Å²) in [6.45, 7) is 1.34. The Morgan fingerprint density at radius 3 is 2.36 bits per heavy atom. The lowest BCUT2D eigenvalue weighted by Crippen LogP contribution is -2.37. The smallest absolute Gasteiger partial charge is 0.305 e. The molecule has 1 rings (SSSR count). The van der Waals surface area contributed by atoms with E-state index in [9.17, 15) is 9.59 Å². The number of amides is 1. The molecular weight excluding hydrogens is 320 g/mol. The Hall–Kier alpha value is -2.57. The lowest BCUT2D eigenvalue weighted by Gasteiger charge is -2.13. The van der Waals surface area contributed by atoms with Crippen molar-refractivity contribution in [2.45, 2.75) is 25.8 Å². The zero-order valence-corrected chi connectivity index (χ0v) is 15.5. The fraction of sp³-hybridized carbons (Fsp3) is 0.500. The molecule has 1 aromatic carbocycles. The molecule has 7 nitrogen and oxygen atoms in total. The van der Waals surface area contributed by atoms with Gasteiger partial charge in [-0.25, -0.2) is 0 Å². The average Bonchev–Trinajstić information content (AvgIpc) is 2.63. The van der Waals surface area contributed by atoms with Gasteiger partial charge in [0, 0.05) is 46.2 Å². The first kappa shape index (κ1) is 20.5. The molecule has 0 unspecified atom stereocenters. The SMILES string of the molecule is CN=C(NCCCCC(=O)OC)NCc1ccc(C(=O)N(C)C)cc1. The second kappa shape index (κ2) is 11.1. The maximum Gasteiger partial charge on any atom is 0.305 e. The van der Waals surface area contributed by atoms with Gasteiger partial charge in [-0.05, 0) is 30.5 Å². The number of carbonyl (C=O) groups is 2. The van der Waals surface area contributed by atoms with E-state index in [1.165, 1.54) is 7.11 Å². The van der Waals surface area contributed by atoms with Crippen LogP contribution in [0.1, 0.15) is 35.2 Å². The first-order valence-electron chi connectivity index (χ1n) is 8.30. The molecule has 0 heterocycles. The van der Waals surface area contributed by atoms with Gasteiger partial charge in [0.2, 0.25) is 0 Å². The summed E-state index contributed by atoms with van der Waals surface area (Å²) in [5, 5.41) is 6.42. The fourth-order valence-corrected chi connectivity index (χ4v) is 2.13. The highest BCUT2D eigenvalue weighted by Crippen LogP contribution is 2.06. The molecule has 0 aromatic heterocycles. The highest BCUT2D eigenvalue weighted by atomic mass is 16.5. The molecule has 138 valence electrons. The first-order chi connectivity index (χ1) is 12.0. The zero-order chi connectivity index (χ0) is 18.7. The lowest BCUT2D eigenvalue weighted by molar-refractivity contribution is -0.140. The molecule has 0 saturated heterocycles. The van der Waals surface area contributed by atoms with E-state index in [4.69, 9.17) is 0 Å². The van der Waals surface area contributed by atoms with Crippen LogP contribution in [0.2, 0.25) is 0 Å². The van der Waals surface area contributed by atoms with Crippen molar-refractivity contribution in [2.24, 2.45) is 4.99 Å². The summed E-state index contributed by atoms with van der Waals surface area (Å²) in [6.07, 6.45) is 2.07. The number of aliphatic imine (C=N–C) groups is 1. The minimum atomic E-state index is -0.182. The molecule has 0 aliphatic carbocycles. The van der Waals surface area contributed by atoms with E-state index in [0.29, 0.717) is 24.5 Å². The number of benzene rings is 1. The van der Waals surface area contributed by atoms with Gasteiger partial charge in [0.1, 0.15) is 0 Å². The summed E-state index contributed by atoms with van der Waals surface area (Å²) in [5.74, 6) is 0.508. The van der Waals surface area contributed by atoms with E-state index >= 15 is 0 Å². The van der Waals surface area contributed by atoms with E-state index in [1.807, 2.05) is 24.3 Å². The third kappa shape index (κ3) is 7.69. The summed E-state index contributed by atoms with van der Waals surface area (Å²) in [7, 11) is 6.58. The summed E-state index contributed by atoms with van der Waals surface area (Å²) in [5.41, 5.74) is 1.73. The summed E-state index contributed by atoms with van der Waals surface area (Å²) in [6, 6.07) is 7.49. The molecule has 0 fully saturated rings.